The number of rotatable bonds is 9. The summed E-state index contributed by atoms with van der Waals surface area (Å²) < 4.78 is 30.9. The number of phenolic OH excluding ortho intramolecular Hbond substituents is 1. The van der Waals surface area contributed by atoms with E-state index in [1.807, 2.05) is 18.2 Å². The van der Waals surface area contributed by atoms with E-state index in [-0.39, 0.29) is 22.2 Å². The summed E-state index contributed by atoms with van der Waals surface area (Å²) in [7, 11) is -2.42. The van der Waals surface area contributed by atoms with E-state index in [0.717, 1.165) is 16.9 Å². The molecule has 172 valence electrons. The van der Waals surface area contributed by atoms with Crippen LogP contribution in [-0.4, -0.2) is 26.4 Å². The number of amidine groups is 1. The van der Waals surface area contributed by atoms with Gasteiger partial charge in [-0.3, -0.25) is 5.43 Å². The topological polar surface area (TPSA) is 160 Å². The molecule has 0 saturated carbocycles. The minimum absolute atomic E-state index is 0.0292. The van der Waals surface area contributed by atoms with Crippen molar-refractivity contribution in [2.45, 2.75) is 9.79 Å². The van der Waals surface area contributed by atoms with Gasteiger partial charge >= 0.3 is 0 Å². The molecule has 13 heteroatoms. The largest absolute Gasteiger partial charge is 0.506 e. The molecule has 33 heavy (non-hydrogen) atoms. The molecule has 0 aliphatic rings. The molecule has 0 unspecified atom stereocenters. The van der Waals surface area contributed by atoms with Crippen LogP contribution in [0.25, 0.3) is 0 Å². The zero-order chi connectivity index (χ0) is 23.7. The van der Waals surface area contributed by atoms with Crippen molar-refractivity contribution in [1.82, 2.24) is 4.72 Å². The number of hydrazone groups is 1. The van der Waals surface area contributed by atoms with E-state index >= 15 is 0 Å². The molecule has 0 saturated heterocycles. The summed E-state index contributed by atoms with van der Waals surface area (Å²) in [6.45, 7) is 0. The maximum atomic E-state index is 12.0. The van der Waals surface area contributed by atoms with Gasteiger partial charge in [-0.1, -0.05) is 30.3 Å². The number of aromatic hydroxyl groups is 1. The highest BCUT2D eigenvalue weighted by molar-refractivity contribution is 7.94. The first-order valence-corrected chi connectivity index (χ1v) is 11.5. The number of hydrogen-bond donors (Lipinski definition) is 4. The van der Waals surface area contributed by atoms with E-state index < -0.39 is 10.0 Å². The van der Waals surface area contributed by atoms with E-state index in [2.05, 4.69) is 34.8 Å². The van der Waals surface area contributed by atoms with Gasteiger partial charge in [0.1, 0.15) is 11.4 Å². The van der Waals surface area contributed by atoms with Gasteiger partial charge in [0.05, 0.1) is 22.6 Å². The number of nitrogens with zero attached hydrogens (tertiary/aromatic N) is 3. The Morgan fingerprint density at radius 1 is 1.06 bits per heavy atom. The SMILES string of the molecule is CNS(=O)(=O)c1ccc(O)c(N=N/C(=N\Nc2ccc(SOON)cc2)c2ccccc2)c1. The molecule has 0 spiro atoms. The Morgan fingerprint density at radius 2 is 1.79 bits per heavy atom. The van der Waals surface area contributed by atoms with Gasteiger partial charge in [-0.25, -0.2) is 13.1 Å². The van der Waals surface area contributed by atoms with E-state index in [0.29, 0.717) is 11.3 Å². The van der Waals surface area contributed by atoms with E-state index in [1.165, 1.54) is 25.2 Å². The van der Waals surface area contributed by atoms with Gasteiger partial charge in [0.2, 0.25) is 15.9 Å². The molecule has 0 amide bonds. The molecular formula is C20H20N6O5S2. The van der Waals surface area contributed by atoms with Crippen molar-refractivity contribution in [3.8, 4) is 5.75 Å². The third kappa shape index (κ3) is 6.82. The lowest BCUT2D eigenvalue weighted by Gasteiger charge is -2.06. The lowest BCUT2D eigenvalue weighted by Crippen LogP contribution is -2.18. The van der Waals surface area contributed by atoms with Gasteiger partial charge in [0.15, 0.2) is 0 Å². The Bertz CT molecular complexity index is 1240. The number of anilines is 1. The van der Waals surface area contributed by atoms with Crippen molar-refractivity contribution in [2.24, 2.45) is 21.2 Å². The maximum absolute atomic E-state index is 12.0. The second-order valence-corrected chi connectivity index (χ2v) is 8.90. The van der Waals surface area contributed by atoms with Crippen molar-refractivity contribution >= 4 is 39.3 Å². The van der Waals surface area contributed by atoms with Crippen molar-refractivity contribution < 1.29 is 22.8 Å². The monoisotopic (exact) mass is 488 g/mol. The third-order valence-corrected chi connectivity index (χ3v) is 6.15. The lowest BCUT2D eigenvalue weighted by atomic mass is 10.2. The van der Waals surface area contributed by atoms with Crippen LogP contribution < -0.4 is 16.0 Å². The van der Waals surface area contributed by atoms with Gasteiger partial charge in [0, 0.05) is 10.5 Å². The number of azo groups is 1. The fourth-order valence-corrected chi connectivity index (χ4v) is 3.58. The molecular weight excluding hydrogens is 468 g/mol. The van der Waals surface area contributed by atoms with Crippen LogP contribution in [0.2, 0.25) is 0 Å². The van der Waals surface area contributed by atoms with Crippen LogP contribution in [0.5, 0.6) is 5.75 Å². The molecule has 11 nitrogen and oxygen atoms in total. The average molecular weight is 489 g/mol. The van der Waals surface area contributed by atoms with Crippen molar-refractivity contribution in [2.75, 3.05) is 12.5 Å². The first-order chi connectivity index (χ1) is 15.9. The third-order valence-electron chi connectivity index (χ3n) is 4.13. The number of nitrogens with one attached hydrogen (secondary N) is 2. The molecule has 3 rings (SSSR count). The normalized spacial score (nSPS) is 12.2. The molecule has 0 aliphatic carbocycles. The minimum atomic E-state index is -3.71. The summed E-state index contributed by atoms with van der Waals surface area (Å²) in [5.74, 6) is 4.79. The van der Waals surface area contributed by atoms with E-state index in [1.54, 1.807) is 36.4 Å². The summed E-state index contributed by atoms with van der Waals surface area (Å²) in [5.41, 5.74) is 4.15. The number of benzene rings is 3. The minimum Gasteiger partial charge on any atom is -0.506 e. The lowest BCUT2D eigenvalue weighted by molar-refractivity contribution is -0.195. The Labute approximate surface area is 194 Å². The van der Waals surface area contributed by atoms with Crippen molar-refractivity contribution in [1.29, 1.82) is 0 Å². The highest BCUT2D eigenvalue weighted by Gasteiger charge is 2.14. The molecule has 3 aromatic rings. The predicted octanol–water partition coefficient (Wildman–Crippen LogP) is 3.69. The zero-order valence-corrected chi connectivity index (χ0v) is 18.9. The number of phenols is 1. The first-order valence-electron chi connectivity index (χ1n) is 9.30. The maximum Gasteiger partial charge on any atom is 0.240 e. The molecule has 0 atom stereocenters. The van der Waals surface area contributed by atoms with Gasteiger partial charge in [-0.2, -0.15) is 11.0 Å². The molecule has 3 aromatic carbocycles. The van der Waals surface area contributed by atoms with Crippen LogP contribution >= 0.6 is 12.0 Å². The summed E-state index contributed by atoms with van der Waals surface area (Å²) in [4.78, 5) is 4.75. The van der Waals surface area contributed by atoms with Gasteiger partial charge in [-0.05, 0) is 49.5 Å². The number of nitrogens with two attached hydrogens (primary N) is 1. The molecule has 0 fully saturated rings. The Morgan fingerprint density at radius 3 is 2.45 bits per heavy atom. The van der Waals surface area contributed by atoms with Gasteiger partial charge < -0.3 is 5.11 Å². The van der Waals surface area contributed by atoms with Crippen LogP contribution in [0.1, 0.15) is 5.56 Å². The van der Waals surface area contributed by atoms with E-state index in [4.69, 9.17) is 5.90 Å². The Hall–Kier alpha value is -3.33. The van der Waals surface area contributed by atoms with Crippen LogP contribution in [0, 0.1) is 0 Å². The average Bonchev–Trinajstić information content (AvgIpc) is 2.84. The summed E-state index contributed by atoms with van der Waals surface area (Å²) in [5, 5.41) is 22.5. The molecule has 5 N–H and O–H groups in total. The molecule has 0 aromatic heterocycles. The van der Waals surface area contributed by atoms with Gasteiger partial charge in [-0.15, -0.1) is 19.6 Å². The van der Waals surface area contributed by atoms with Crippen LogP contribution in [0.3, 0.4) is 0 Å². The van der Waals surface area contributed by atoms with Crippen LogP contribution in [-0.2, 0) is 19.3 Å². The fourth-order valence-electron chi connectivity index (χ4n) is 2.46. The van der Waals surface area contributed by atoms with Gasteiger partial charge in [0.25, 0.3) is 0 Å². The second-order valence-electron chi connectivity index (χ2n) is 6.24. The second kappa shape index (κ2) is 11.5. The van der Waals surface area contributed by atoms with Crippen LogP contribution in [0.4, 0.5) is 11.4 Å². The smallest absolute Gasteiger partial charge is 0.240 e. The fraction of sp³-hybridized carbons (Fsp3) is 0.0500. The highest BCUT2D eigenvalue weighted by atomic mass is 32.2. The Kier molecular flexibility index (Phi) is 8.48. The quantitative estimate of drug-likeness (QED) is 0.0886. The number of sulfonamides is 1. The zero-order valence-electron chi connectivity index (χ0n) is 17.2. The van der Waals surface area contributed by atoms with E-state index in [9.17, 15) is 13.5 Å². The Balaban J connectivity index is 1.88. The molecule has 0 bridgehead atoms. The van der Waals surface area contributed by atoms with Crippen LogP contribution in [0.15, 0.2) is 97.9 Å². The summed E-state index contributed by atoms with van der Waals surface area (Å²) >= 11 is 0.947. The molecule has 0 heterocycles. The van der Waals surface area contributed by atoms with Crippen molar-refractivity contribution in [3.05, 3.63) is 78.4 Å². The molecule has 0 aliphatic heterocycles. The summed E-state index contributed by atoms with van der Waals surface area (Å²) in [6.07, 6.45) is 0. The predicted molar refractivity (Wildman–Crippen MR) is 124 cm³/mol. The van der Waals surface area contributed by atoms with Crippen molar-refractivity contribution in [3.63, 3.8) is 0 Å². The molecule has 0 radical (unpaired) electrons. The summed E-state index contributed by atoms with van der Waals surface area (Å²) in [6, 6.07) is 19.8. The standard InChI is InChI=1S/C20H20N6O5S2/c1-22-33(28,29)17-11-12-19(27)18(13-17)24-26-20(14-5-3-2-4-6-14)25-23-15-7-9-16(10-8-15)32-31-30-21/h2-13,22-23,27H,21H2,1H3/b25-20-,26-24?. The highest BCUT2D eigenvalue weighted by Crippen LogP contribution is 2.29. The first kappa shape index (κ1) is 24.3. The number of hydrogen-bond acceptors (Lipinski definition) is 10.